The van der Waals surface area contributed by atoms with Crippen LogP contribution in [0.5, 0.6) is 11.5 Å². The van der Waals surface area contributed by atoms with Crippen LogP contribution in [0.1, 0.15) is 32.9 Å². The largest absolute Gasteiger partial charge is 0.478 e. The molecule has 0 saturated carbocycles. The van der Waals surface area contributed by atoms with Crippen LogP contribution in [-0.4, -0.2) is 25.8 Å². The van der Waals surface area contributed by atoms with E-state index in [2.05, 4.69) is 4.98 Å². The topological polar surface area (TPSA) is 77.2 Å². The first-order chi connectivity index (χ1) is 14.5. The summed E-state index contributed by atoms with van der Waals surface area (Å²) in [6.07, 6.45) is 3.97. The molecule has 148 valence electrons. The summed E-state index contributed by atoms with van der Waals surface area (Å²) in [7, 11) is 1.90. The van der Waals surface area contributed by atoms with Gasteiger partial charge in [-0.1, -0.05) is 18.2 Å². The summed E-state index contributed by atoms with van der Waals surface area (Å²) in [6, 6.07) is 15.3. The van der Waals surface area contributed by atoms with E-state index in [-0.39, 0.29) is 0 Å². The second-order valence-electron chi connectivity index (χ2n) is 7.39. The maximum Gasteiger partial charge on any atom is 0.336 e. The fourth-order valence-electron chi connectivity index (χ4n) is 3.91. The number of para-hydroxylation sites is 1. The molecule has 30 heavy (non-hydrogen) atoms. The molecular weight excluding hydrogens is 378 g/mol. The Bertz CT molecular complexity index is 1350. The first-order valence-corrected chi connectivity index (χ1v) is 9.63. The van der Waals surface area contributed by atoms with E-state index in [9.17, 15) is 9.90 Å². The van der Waals surface area contributed by atoms with Crippen LogP contribution in [0.2, 0.25) is 0 Å². The quantitative estimate of drug-likeness (QED) is 0.532. The molecule has 1 N–H and O–H groups in total. The van der Waals surface area contributed by atoms with Crippen molar-refractivity contribution in [2.75, 3.05) is 0 Å². The maximum atomic E-state index is 11.5. The number of aromatic nitrogens is 3. The van der Waals surface area contributed by atoms with E-state index < -0.39 is 5.97 Å². The number of carbonyl (C=O) groups is 1. The molecule has 0 spiro atoms. The highest BCUT2D eigenvalue weighted by Gasteiger charge is 2.24. The van der Waals surface area contributed by atoms with Crippen LogP contribution in [0.4, 0.5) is 0 Å². The first-order valence-electron chi connectivity index (χ1n) is 9.63. The lowest BCUT2D eigenvalue weighted by Crippen LogP contribution is -2.03. The summed E-state index contributed by atoms with van der Waals surface area (Å²) < 4.78 is 7.89. The maximum absolute atomic E-state index is 11.5. The zero-order valence-corrected chi connectivity index (χ0v) is 16.6. The normalized spacial score (nSPS) is 12.7. The van der Waals surface area contributed by atoms with Gasteiger partial charge in [-0.15, -0.1) is 0 Å². The molecule has 0 saturated heterocycles. The summed E-state index contributed by atoms with van der Waals surface area (Å²) >= 11 is 0. The third-order valence-electron chi connectivity index (χ3n) is 5.45. The second-order valence-corrected chi connectivity index (χ2v) is 7.39. The molecule has 6 heteroatoms. The molecule has 0 bridgehead atoms. The Morgan fingerprint density at radius 3 is 2.80 bits per heavy atom. The zero-order chi connectivity index (χ0) is 20.8. The van der Waals surface area contributed by atoms with Crippen LogP contribution >= 0.6 is 0 Å². The van der Waals surface area contributed by atoms with Gasteiger partial charge in [0.1, 0.15) is 11.5 Å². The Morgan fingerprint density at radius 1 is 1.17 bits per heavy atom. The van der Waals surface area contributed by atoms with E-state index in [1.54, 1.807) is 6.07 Å². The smallest absolute Gasteiger partial charge is 0.336 e. The fraction of sp³-hybridized carbons (Fsp3) is 0.125. The minimum atomic E-state index is -0.938. The van der Waals surface area contributed by atoms with Crippen molar-refractivity contribution in [1.29, 1.82) is 0 Å². The molecule has 0 amide bonds. The Morgan fingerprint density at radius 2 is 2.00 bits per heavy atom. The van der Waals surface area contributed by atoms with Crippen molar-refractivity contribution < 1.29 is 14.6 Å². The standard InChI is InChI=1S/C24H19N3O3/c1-14-5-3-4-6-22(14)30-16-7-8-18-21(13-16)27(2)26-23(18)15-11-19-17(24(28)29)9-10-25-20(19)12-15/h3-10,12-13H,11H2,1-2H3,(H,28,29). The summed E-state index contributed by atoms with van der Waals surface area (Å²) in [6.45, 7) is 2.01. The number of fused-ring (bicyclic) bond motifs is 2. The van der Waals surface area contributed by atoms with Crippen molar-refractivity contribution in [3.8, 4) is 11.5 Å². The number of allylic oxidation sites excluding steroid dienone is 1. The molecule has 0 radical (unpaired) electrons. The van der Waals surface area contributed by atoms with Gasteiger partial charge in [0.05, 0.1) is 22.5 Å². The lowest BCUT2D eigenvalue weighted by molar-refractivity contribution is 0.0695. The van der Waals surface area contributed by atoms with Crippen LogP contribution in [0, 0.1) is 6.92 Å². The van der Waals surface area contributed by atoms with Gasteiger partial charge in [-0.25, -0.2) is 4.79 Å². The van der Waals surface area contributed by atoms with E-state index in [0.717, 1.165) is 44.8 Å². The number of aromatic carboxylic acids is 1. The SMILES string of the molecule is Cc1ccccc1Oc1ccc2c(C3=Cc4nccc(C(=O)O)c4C3)nn(C)c2c1. The van der Waals surface area contributed by atoms with E-state index in [0.29, 0.717) is 17.7 Å². The van der Waals surface area contributed by atoms with Crippen molar-refractivity contribution in [2.24, 2.45) is 7.05 Å². The van der Waals surface area contributed by atoms with Crippen LogP contribution in [0.3, 0.4) is 0 Å². The number of aryl methyl sites for hydroxylation is 2. The summed E-state index contributed by atoms with van der Waals surface area (Å²) in [5.41, 5.74) is 5.54. The molecule has 2 heterocycles. The van der Waals surface area contributed by atoms with Crippen molar-refractivity contribution in [3.05, 3.63) is 82.8 Å². The van der Waals surface area contributed by atoms with Gasteiger partial charge >= 0.3 is 5.97 Å². The minimum absolute atomic E-state index is 0.292. The van der Waals surface area contributed by atoms with Gasteiger partial charge in [0, 0.05) is 31.1 Å². The fourth-order valence-corrected chi connectivity index (χ4v) is 3.91. The van der Waals surface area contributed by atoms with Gasteiger partial charge in [-0.2, -0.15) is 5.10 Å². The van der Waals surface area contributed by atoms with Crippen molar-refractivity contribution in [1.82, 2.24) is 14.8 Å². The predicted molar refractivity (Wildman–Crippen MR) is 115 cm³/mol. The van der Waals surface area contributed by atoms with E-state index in [1.807, 2.05) is 67.2 Å². The molecule has 2 aromatic carbocycles. The van der Waals surface area contributed by atoms with Crippen molar-refractivity contribution in [3.63, 3.8) is 0 Å². The number of benzene rings is 2. The number of pyridine rings is 1. The summed E-state index contributed by atoms with van der Waals surface area (Å²) in [5, 5.41) is 15.2. The van der Waals surface area contributed by atoms with Gasteiger partial charge in [-0.3, -0.25) is 9.67 Å². The Hall–Kier alpha value is -3.93. The molecule has 0 fully saturated rings. The first kappa shape index (κ1) is 18.1. The van der Waals surface area contributed by atoms with Gasteiger partial charge < -0.3 is 9.84 Å². The molecule has 4 aromatic rings. The Labute approximate surface area is 173 Å². The molecular formula is C24H19N3O3. The average molecular weight is 397 g/mol. The molecule has 1 aliphatic rings. The van der Waals surface area contributed by atoms with E-state index in [4.69, 9.17) is 9.84 Å². The van der Waals surface area contributed by atoms with E-state index in [1.165, 1.54) is 6.20 Å². The zero-order valence-electron chi connectivity index (χ0n) is 16.6. The lowest BCUT2D eigenvalue weighted by Gasteiger charge is -2.08. The number of rotatable bonds is 4. The minimum Gasteiger partial charge on any atom is -0.478 e. The number of nitrogens with zero attached hydrogens (tertiary/aromatic N) is 3. The highest BCUT2D eigenvalue weighted by atomic mass is 16.5. The third kappa shape index (κ3) is 2.93. The second kappa shape index (κ2) is 6.84. The monoisotopic (exact) mass is 397 g/mol. The van der Waals surface area contributed by atoms with Crippen LogP contribution in [0.15, 0.2) is 54.7 Å². The number of carboxylic acids is 1. The van der Waals surface area contributed by atoms with Crippen LogP contribution in [0.25, 0.3) is 22.6 Å². The number of hydrogen-bond donors (Lipinski definition) is 1. The van der Waals surface area contributed by atoms with Crippen LogP contribution in [-0.2, 0) is 13.5 Å². The van der Waals surface area contributed by atoms with Gasteiger partial charge in [-0.05, 0) is 54.0 Å². The molecule has 5 rings (SSSR count). The van der Waals surface area contributed by atoms with Crippen molar-refractivity contribution >= 4 is 28.5 Å². The molecule has 1 aliphatic carbocycles. The molecule has 0 aliphatic heterocycles. The summed E-state index contributed by atoms with van der Waals surface area (Å²) in [4.78, 5) is 15.9. The molecule has 6 nitrogen and oxygen atoms in total. The van der Waals surface area contributed by atoms with Gasteiger partial charge in [0.15, 0.2) is 0 Å². The highest BCUT2D eigenvalue weighted by Crippen LogP contribution is 2.36. The van der Waals surface area contributed by atoms with E-state index >= 15 is 0 Å². The molecule has 0 unspecified atom stereocenters. The Kier molecular flexibility index (Phi) is 4.13. The van der Waals surface area contributed by atoms with Crippen LogP contribution < -0.4 is 4.74 Å². The molecule has 2 aromatic heterocycles. The molecule has 0 atom stereocenters. The highest BCUT2D eigenvalue weighted by molar-refractivity contribution is 6.00. The third-order valence-corrected chi connectivity index (χ3v) is 5.45. The number of hydrogen-bond acceptors (Lipinski definition) is 4. The number of ether oxygens (including phenoxy) is 1. The van der Waals surface area contributed by atoms with Gasteiger partial charge in [0.25, 0.3) is 0 Å². The van der Waals surface area contributed by atoms with Gasteiger partial charge in [0.2, 0.25) is 0 Å². The average Bonchev–Trinajstić information content (AvgIpc) is 3.30. The predicted octanol–water partition coefficient (Wildman–Crippen LogP) is 4.86. The summed E-state index contributed by atoms with van der Waals surface area (Å²) in [5.74, 6) is 0.623. The Balaban J connectivity index is 1.52. The van der Waals surface area contributed by atoms with Crippen molar-refractivity contribution in [2.45, 2.75) is 13.3 Å². The number of carboxylic acid groups (broad SMARTS) is 1. The lowest BCUT2D eigenvalue weighted by atomic mass is 10.0.